The average Bonchev–Trinajstić information content (AvgIpc) is 3.57. The molecule has 6 nitrogen and oxygen atoms in total. The van der Waals surface area contributed by atoms with E-state index in [0.29, 0.717) is 24.4 Å². The van der Waals surface area contributed by atoms with Gasteiger partial charge in [-0.2, -0.15) is 0 Å². The van der Waals surface area contributed by atoms with Crippen molar-refractivity contribution in [3.63, 3.8) is 0 Å². The number of benzene rings is 2. The Bertz CT molecular complexity index is 1460. The van der Waals surface area contributed by atoms with Gasteiger partial charge in [-0.3, -0.25) is 19.3 Å². The van der Waals surface area contributed by atoms with Crippen LogP contribution in [0.3, 0.4) is 0 Å². The Hall–Kier alpha value is -3.14. The summed E-state index contributed by atoms with van der Waals surface area (Å²) < 4.78 is 2.76. The van der Waals surface area contributed by atoms with Crippen molar-refractivity contribution in [1.82, 2.24) is 14.8 Å². The van der Waals surface area contributed by atoms with Gasteiger partial charge < -0.3 is 9.88 Å². The monoisotopic (exact) mass is 579 g/mol. The maximum Gasteiger partial charge on any atom is 0.293 e. The van der Waals surface area contributed by atoms with E-state index in [9.17, 15) is 14.4 Å². The van der Waals surface area contributed by atoms with E-state index in [4.69, 9.17) is 0 Å². The molecule has 0 atom stereocenters. The van der Waals surface area contributed by atoms with Gasteiger partial charge in [-0.15, -0.1) is 11.3 Å². The maximum atomic E-state index is 13.1. The second-order valence-electron chi connectivity index (χ2n) is 8.30. The molecule has 5 rings (SSSR count). The van der Waals surface area contributed by atoms with Crippen LogP contribution in [-0.2, 0) is 29.1 Å². The van der Waals surface area contributed by atoms with E-state index in [-0.39, 0.29) is 23.6 Å². The molecule has 1 saturated heterocycles. The normalized spacial score (nSPS) is 14.8. The first-order valence-corrected chi connectivity index (χ1v) is 13.8. The van der Waals surface area contributed by atoms with Crippen LogP contribution in [0.5, 0.6) is 0 Å². The molecular weight excluding hydrogens is 558 g/mol. The number of hydrogen-bond donors (Lipinski definition) is 1. The van der Waals surface area contributed by atoms with Gasteiger partial charge in [0.25, 0.3) is 11.1 Å². The van der Waals surface area contributed by atoms with Crippen LogP contribution < -0.4 is 5.32 Å². The van der Waals surface area contributed by atoms with Crippen LogP contribution in [0.15, 0.2) is 81.6 Å². The molecular formula is C27H22BrN3O3S2. The number of thiophene rings is 1. The fraction of sp³-hybridized carbons (Fsp3) is 0.148. The average molecular weight is 581 g/mol. The summed E-state index contributed by atoms with van der Waals surface area (Å²) in [7, 11) is 0. The summed E-state index contributed by atoms with van der Waals surface area (Å²) in [4.78, 5) is 41.1. The number of amides is 3. The van der Waals surface area contributed by atoms with Gasteiger partial charge in [0.2, 0.25) is 5.91 Å². The molecule has 0 radical (unpaired) electrons. The van der Waals surface area contributed by atoms with Crippen molar-refractivity contribution in [2.75, 3.05) is 6.54 Å². The number of carbonyl (C=O) groups excluding carboxylic acids is 3. The van der Waals surface area contributed by atoms with Crippen LogP contribution in [0, 0.1) is 0 Å². The van der Waals surface area contributed by atoms with E-state index >= 15 is 0 Å². The molecule has 0 saturated carbocycles. The second kappa shape index (κ2) is 10.9. The van der Waals surface area contributed by atoms with E-state index in [1.807, 2.05) is 76.8 Å². The van der Waals surface area contributed by atoms with Gasteiger partial charge in [-0.1, -0.05) is 52.3 Å². The van der Waals surface area contributed by atoms with E-state index in [1.54, 1.807) is 17.4 Å². The van der Waals surface area contributed by atoms with Crippen molar-refractivity contribution in [2.45, 2.75) is 19.5 Å². The minimum atomic E-state index is -0.287. The van der Waals surface area contributed by atoms with Crippen LogP contribution in [0.4, 0.5) is 4.79 Å². The molecule has 1 fully saturated rings. The highest BCUT2D eigenvalue weighted by atomic mass is 79.9. The van der Waals surface area contributed by atoms with Crippen molar-refractivity contribution in [2.24, 2.45) is 0 Å². The number of nitrogens with zero attached hydrogens (tertiary/aromatic N) is 2. The molecule has 2 aromatic heterocycles. The number of rotatable bonds is 8. The number of aromatic nitrogens is 1. The van der Waals surface area contributed by atoms with Crippen LogP contribution in [0.1, 0.15) is 16.0 Å². The summed E-state index contributed by atoms with van der Waals surface area (Å²) in [6, 6.07) is 19.6. The number of carbonyl (C=O) groups is 3. The van der Waals surface area contributed by atoms with Crippen molar-refractivity contribution in [3.8, 4) is 0 Å². The SMILES string of the molecule is O=C(Cn1cc(/C=C2\SC(=O)N(CCc3ccccc3)C2=O)c2cc(Br)ccc21)NCc1cccs1. The first-order chi connectivity index (χ1) is 17.5. The van der Waals surface area contributed by atoms with E-state index in [1.165, 1.54) is 4.90 Å². The van der Waals surface area contributed by atoms with E-state index in [2.05, 4.69) is 21.2 Å². The summed E-state index contributed by atoms with van der Waals surface area (Å²) in [6.07, 6.45) is 4.22. The van der Waals surface area contributed by atoms with Gasteiger partial charge >= 0.3 is 0 Å². The number of fused-ring (bicyclic) bond motifs is 1. The fourth-order valence-electron chi connectivity index (χ4n) is 4.07. The molecule has 1 aliphatic heterocycles. The minimum Gasteiger partial charge on any atom is -0.350 e. The van der Waals surface area contributed by atoms with Gasteiger partial charge in [-0.25, -0.2) is 0 Å². The summed E-state index contributed by atoms with van der Waals surface area (Å²) >= 11 is 6.07. The zero-order valence-corrected chi connectivity index (χ0v) is 22.4. The highest BCUT2D eigenvalue weighted by molar-refractivity contribution is 9.10. The van der Waals surface area contributed by atoms with Crippen molar-refractivity contribution in [1.29, 1.82) is 0 Å². The molecule has 0 bridgehead atoms. The first-order valence-electron chi connectivity index (χ1n) is 11.3. The number of halogens is 1. The molecule has 3 amide bonds. The quantitative estimate of drug-likeness (QED) is 0.257. The third kappa shape index (κ3) is 5.48. The molecule has 36 heavy (non-hydrogen) atoms. The zero-order chi connectivity index (χ0) is 25.1. The second-order valence-corrected chi connectivity index (χ2v) is 11.2. The third-order valence-corrected chi connectivity index (χ3v) is 8.13. The summed E-state index contributed by atoms with van der Waals surface area (Å²) in [5.74, 6) is -0.387. The number of thioether (sulfide) groups is 1. The third-order valence-electron chi connectivity index (χ3n) is 5.85. The Morgan fingerprint density at radius 3 is 2.67 bits per heavy atom. The van der Waals surface area contributed by atoms with Gasteiger partial charge in [-0.05, 0) is 59.5 Å². The Balaban J connectivity index is 1.36. The van der Waals surface area contributed by atoms with Crippen LogP contribution in [0.2, 0.25) is 0 Å². The number of hydrogen-bond acceptors (Lipinski definition) is 5. The molecule has 2 aromatic carbocycles. The highest BCUT2D eigenvalue weighted by Crippen LogP contribution is 2.35. The molecule has 0 aliphatic carbocycles. The number of imide groups is 1. The largest absolute Gasteiger partial charge is 0.350 e. The summed E-state index contributed by atoms with van der Waals surface area (Å²) in [6.45, 7) is 0.976. The van der Waals surface area contributed by atoms with Gasteiger partial charge in [0.1, 0.15) is 6.54 Å². The molecule has 182 valence electrons. The Kier molecular flexibility index (Phi) is 7.41. The van der Waals surface area contributed by atoms with Gasteiger partial charge in [0.05, 0.1) is 11.4 Å². The topological polar surface area (TPSA) is 71.4 Å². The lowest BCUT2D eigenvalue weighted by atomic mass is 10.1. The van der Waals surface area contributed by atoms with Crippen molar-refractivity contribution < 1.29 is 14.4 Å². The predicted octanol–water partition coefficient (Wildman–Crippen LogP) is 6.06. The van der Waals surface area contributed by atoms with Gasteiger partial charge in [0.15, 0.2) is 0 Å². The molecule has 3 heterocycles. The maximum absolute atomic E-state index is 13.1. The first kappa shape index (κ1) is 24.5. The van der Waals surface area contributed by atoms with Crippen LogP contribution in [0.25, 0.3) is 17.0 Å². The molecule has 0 spiro atoms. The van der Waals surface area contributed by atoms with Gasteiger partial charge in [0, 0.05) is 38.6 Å². The molecule has 4 aromatic rings. The molecule has 1 aliphatic rings. The van der Waals surface area contributed by atoms with Crippen molar-refractivity contribution >= 4 is 73.1 Å². The Morgan fingerprint density at radius 2 is 1.89 bits per heavy atom. The summed E-state index contributed by atoms with van der Waals surface area (Å²) in [5, 5.41) is 5.57. The van der Waals surface area contributed by atoms with E-state index < -0.39 is 0 Å². The lowest BCUT2D eigenvalue weighted by Crippen LogP contribution is -2.30. The number of nitrogens with one attached hydrogen (secondary N) is 1. The van der Waals surface area contributed by atoms with Crippen LogP contribution in [-0.4, -0.2) is 33.1 Å². The van der Waals surface area contributed by atoms with E-state index in [0.717, 1.165) is 43.1 Å². The lowest BCUT2D eigenvalue weighted by molar-refractivity contribution is -0.123. The predicted molar refractivity (Wildman–Crippen MR) is 149 cm³/mol. The highest BCUT2D eigenvalue weighted by Gasteiger charge is 2.34. The lowest BCUT2D eigenvalue weighted by Gasteiger charge is -2.12. The Morgan fingerprint density at radius 1 is 1.06 bits per heavy atom. The standard InChI is InChI=1S/C27H22BrN3O3S2/c28-20-8-9-23-22(14-20)19(16-30(23)17-25(32)29-15-21-7-4-12-35-21)13-24-26(33)31(27(34)36-24)11-10-18-5-2-1-3-6-18/h1-9,12-14,16H,10-11,15,17H2,(H,29,32)/b24-13-. The van der Waals surface area contributed by atoms with Crippen LogP contribution >= 0.6 is 39.0 Å². The van der Waals surface area contributed by atoms with Crippen molar-refractivity contribution in [3.05, 3.63) is 97.6 Å². The smallest absolute Gasteiger partial charge is 0.293 e. The Labute approximate surface area is 225 Å². The molecule has 9 heteroatoms. The summed E-state index contributed by atoms with van der Waals surface area (Å²) in [5.41, 5.74) is 2.73. The minimum absolute atomic E-state index is 0.101. The fourth-order valence-corrected chi connectivity index (χ4v) is 5.93. The molecule has 0 unspecified atom stereocenters. The molecule has 1 N–H and O–H groups in total. The zero-order valence-electron chi connectivity index (χ0n) is 19.1.